The van der Waals surface area contributed by atoms with Crippen LogP contribution in [-0.2, 0) is 7.05 Å². The molecule has 1 saturated heterocycles. The Hall–Kier alpha value is -2.94. The van der Waals surface area contributed by atoms with Crippen molar-refractivity contribution in [2.24, 2.45) is 7.05 Å². The summed E-state index contributed by atoms with van der Waals surface area (Å²) in [6.45, 7) is 1.56. The van der Waals surface area contributed by atoms with Crippen LogP contribution in [-0.4, -0.2) is 57.3 Å². The maximum atomic E-state index is 12.7. The van der Waals surface area contributed by atoms with E-state index in [0.29, 0.717) is 16.3 Å². The first-order valence-electron chi connectivity index (χ1n) is 8.96. The summed E-state index contributed by atoms with van der Waals surface area (Å²) in [7, 11) is 3.37. The molecule has 3 heterocycles. The first kappa shape index (κ1) is 18.4. The molecule has 28 heavy (non-hydrogen) atoms. The van der Waals surface area contributed by atoms with E-state index in [1.54, 1.807) is 36.2 Å². The number of halogens is 1. The van der Waals surface area contributed by atoms with E-state index in [0.717, 1.165) is 42.8 Å². The first-order chi connectivity index (χ1) is 13.5. The number of ether oxygens (including phenoxy) is 1. The highest BCUT2D eigenvalue weighted by atomic mass is 35.5. The van der Waals surface area contributed by atoms with Crippen molar-refractivity contribution in [1.29, 1.82) is 0 Å². The zero-order valence-corrected chi connectivity index (χ0v) is 16.3. The Bertz CT molecular complexity index is 1020. The van der Waals surface area contributed by atoms with Gasteiger partial charge < -0.3 is 15.0 Å². The molecule has 10 heteroatoms. The van der Waals surface area contributed by atoms with Crippen LogP contribution >= 0.6 is 11.6 Å². The van der Waals surface area contributed by atoms with Crippen LogP contribution in [0.25, 0.3) is 10.9 Å². The van der Waals surface area contributed by atoms with Crippen LogP contribution in [0.15, 0.2) is 24.4 Å². The first-order valence-corrected chi connectivity index (χ1v) is 9.34. The number of aryl methyl sites for hydroxylation is 1. The smallest absolute Gasteiger partial charge is 0.253 e. The number of anilines is 1. The van der Waals surface area contributed by atoms with Crippen LogP contribution < -0.4 is 15.0 Å². The van der Waals surface area contributed by atoms with Crippen molar-refractivity contribution < 1.29 is 11.0 Å². The van der Waals surface area contributed by atoms with Gasteiger partial charge in [0.15, 0.2) is 0 Å². The summed E-state index contributed by atoms with van der Waals surface area (Å²) in [6.07, 6.45) is 3.22. The third-order valence-corrected chi connectivity index (χ3v) is 5.22. The van der Waals surface area contributed by atoms with E-state index in [2.05, 4.69) is 30.7 Å². The number of benzene rings is 1. The number of aromatic nitrogens is 5. The van der Waals surface area contributed by atoms with E-state index < -0.39 is 0 Å². The fourth-order valence-corrected chi connectivity index (χ4v) is 3.64. The monoisotopic (exact) mass is 403 g/mol. The SMILES string of the molecule is COc1cc2ncc(C(=O)NC3CCN(c4nnnn4C)CC3)cc2cc1Cl.[HH]. The largest absolute Gasteiger partial charge is 0.495 e. The summed E-state index contributed by atoms with van der Waals surface area (Å²) >= 11 is 6.18. The molecular formula is C18H22ClN7O2. The number of pyridine rings is 1. The van der Waals surface area contributed by atoms with E-state index >= 15 is 0 Å². The molecule has 0 unspecified atom stereocenters. The predicted octanol–water partition coefficient (Wildman–Crippen LogP) is 2.07. The Morgan fingerprint density at radius 1 is 1.32 bits per heavy atom. The highest BCUT2D eigenvalue weighted by molar-refractivity contribution is 6.32. The minimum atomic E-state index is -0.139. The van der Waals surface area contributed by atoms with Crippen molar-refractivity contribution >= 4 is 34.4 Å². The summed E-state index contributed by atoms with van der Waals surface area (Å²) in [4.78, 5) is 19.2. The lowest BCUT2D eigenvalue weighted by atomic mass is 10.0. The van der Waals surface area contributed by atoms with Gasteiger partial charge in [0, 0.05) is 45.3 Å². The predicted molar refractivity (Wildman–Crippen MR) is 107 cm³/mol. The number of hydrogen-bond donors (Lipinski definition) is 1. The zero-order chi connectivity index (χ0) is 19.7. The van der Waals surface area contributed by atoms with Crippen molar-refractivity contribution in [2.75, 3.05) is 25.1 Å². The number of hydrogen-bond acceptors (Lipinski definition) is 7. The fourth-order valence-electron chi connectivity index (χ4n) is 3.40. The Kier molecular flexibility index (Phi) is 4.99. The molecule has 2 aromatic heterocycles. The molecule has 1 aliphatic rings. The van der Waals surface area contributed by atoms with Crippen LogP contribution in [0.5, 0.6) is 5.75 Å². The van der Waals surface area contributed by atoms with Crippen LogP contribution in [0.4, 0.5) is 5.95 Å². The van der Waals surface area contributed by atoms with Crippen molar-refractivity contribution in [2.45, 2.75) is 18.9 Å². The second-order valence-corrected chi connectivity index (χ2v) is 7.15. The molecule has 0 radical (unpaired) electrons. The zero-order valence-electron chi connectivity index (χ0n) is 15.6. The Morgan fingerprint density at radius 2 is 2.11 bits per heavy atom. The van der Waals surface area contributed by atoms with Gasteiger partial charge in [0.05, 0.1) is 23.2 Å². The number of fused-ring (bicyclic) bond motifs is 1. The molecule has 4 rings (SSSR count). The lowest BCUT2D eigenvalue weighted by Gasteiger charge is -2.32. The summed E-state index contributed by atoms with van der Waals surface area (Å²) < 4.78 is 6.86. The number of nitrogens with zero attached hydrogens (tertiary/aromatic N) is 6. The number of piperidine rings is 1. The highest BCUT2D eigenvalue weighted by Gasteiger charge is 2.24. The summed E-state index contributed by atoms with van der Waals surface area (Å²) in [6, 6.07) is 5.41. The van der Waals surface area contributed by atoms with E-state index in [1.807, 2.05) is 7.05 Å². The van der Waals surface area contributed by atoms with Gasteiger partial charge in [0.25, 0.3) is 5.91 Å². The molecule has 1 aromatic carbocycles. The van der Waals surface area contributed by atoms with Gasteiger partial charge in [-0.3, -0.25) is 9.78 Å². The summed E-state index contributed by atoms with van der Waals surface area (Å²) in [5.74, 6) is 1.17. The van der Waals surface area contributed by atoms with E-state index in [4.69, 9.17) is 16.3 Å². The number of carbonyl (C=O) groups is 1. The standard InChI is InChI=1S/C18H20ClN7O2.H2/c1-25-18(22-23-24-25)26-5-3-13(4-6-26)21-17(27)12-7-11-8-14(19)16(28-2)9-15(11)20-10-12;/h7-10,13H,3-6H2,1-2H3,(H,21,27);1H. The maximum absolute atomic E-state index is 12.7. The van der Waals surface area contributed by atoms with Crippen molar-refractivity contribution in [3.63, 3.8) is 0 Å². The van der Waals surface area contributed by atoms with Gasteiger partial charge in [0.1, 0.15) is 5.75 Å². The third-order valence-electron chi connectivity index (χ3n) is 4.93. The number of carbonyl (C=O) groups excluding carboxylic acids is 1. The van der Waals surface area contributed by atoms with Crippen LogP contribution in [0, 0.1) is 0 Å². The van der Waals surface area contributed by atoms with Gasteiger partial charge in [-0.25, -0.2) is 4.68 Å². The van der Waals surface area contributed by atoms with Gasteiger partial charge >= 0.3 is 0 Å². The molecule has 0 atom stereocenters. The van der Waals surface area contributed by atoms with Gasteiger partial charge in [-0.2, -0.15) is 0 Å². The molecule has 1 fully saturated rings. The molecule has 1 N–H and O–H groups in total. The van der Waals surface area contributed by atoms with Crippen molar-refractivity contribution in [3.05, 3.63) is 35.0 Å². The Labute approximate surface area is 168 Å². The molecule has 1 amide bonds. The average molecular weight is 404 g/mol. The Balaban J connectivity index is 0.00000240. The summed E-state index contributed by atoms with van der Waals surface area (Å²) in [5.41, 5.74) is 1.23. The van der Waals surface area contributed by atoms with Gasteiger partial charge in [-0.1, -0.05) is 16.7 Å². The molecule has 0 spiro atoms. The lowest BCUT2D eigenvalue weighted by molar-refractivity contribution is 0.0931. The lowest BCUT2D eigenvalue weighted by Crippen LogP contribution is -2.45. The molecule has 0 saturated carbocycles. The van der Waals surface area contributed by atoms with Gasteiger partial charge in [0.2, 0.25) is 5.95 Å². The van der Waals surface area contributed by atoms with Crippen molar-refractivity contribution in [1.82, 2.24) is 30.5 Å². The summed E-state index contributed by atoms with van der Waals surface area (Å²) in [5, 5.41) is 15.9. The normalized spacial score (nSPS) is 15.0. The quantitative estimate of drug-likeness (QED) is 0.711. The maximum Gasteiger partial charge on any atom is 0.253 e. The number of amides is 1. The van der Waals surface area contributed by atoms with Gasteiger partial charge in [-0.05, 0) is 35.4 Å². The number of rotatable bonds is 4. The molecule has 1 aliphatic heterocycles. The van der Waals surface area contributed by atoms with Crippen LogP contribution in [0.3, 0.4) is 0 Å². The van der Waals surface area contributed by atoms with Crippen LogP contribution in [0.2, 0.25) is 5.02 Å². The number of methoxy groups -OCH3 is 1. The molecule has 0 bridgehead atoms. The molecule has 9 nitrogen and oxygen atoms in total. The molecule has 3 aromatic rings. The third kappa shape index (κ3) is 3.57. The van der Waals surface area contributed by atoms with E-state index in [-0.39, 0.29) is 13.4 Å². The topological polar surface area (TPSA) is 98.1 Å². The second-order valence-electron chi connectivity index (χ2n) is 6.74. The Morgan fingerprint density at radius 3 is 2.79 bits per heavy atom. The molecule has 0 aliphatic carbocycles. The fraction of sp³-hybridized carbons (Fsp3) is 0.389. The van der Waals surface area contributed by atoms with Crippen molar-refractivity contribution in [3.8, 4) is 5.75 Å². The minimum Gasteiger partial charge on any atom is -0.495 e. The minimum absolute atomic E-state index is 0. The van der Waals surface area contributed by atoms with E-state index in [9.17, 15) is 4.79 Å². The molecule has 148 valence electrons. The van der Waals surface area contributed by atoms with Gasteiger partial charge in [-0.15, -0.1) is 0 Å². The average Bonchev–Trinajstić information content (AvgIpc) is 3.13. The molecular weight excluding hydrogens is 382 g/mol. The van der Waals surface area contributed by atoms with Crippen LogP contribution in [0.1, 0.15) is 24.6 Å². The number of tetrazole rings is 1. The number of nitrogens with one attached hydrogen (secondary N) is 1. The van der Waals surface area contributed by atoms with E-state index in [1.165, 1.54) is 0 Å². The highest BCUT2D eigenvalue weighted by Crippen LogP contribution is 2.29. The second kappa shape index (κ2) is 7.59.